The lowest BCUT2D eigenvalue weighted by atomic mass is 9.78. The fraction of sp³-hybridized carbons (Fsp3) is 0.452. The van der Waals surface area contributed by atoms with Crippen molar-refractivity contribution in [3.8, 4) is 5.75 Å². The lowest BCUT2D eigenvalue weighted by molar-refractivity contribution is -0.127. The minimum absolute atomic E-state index is 0.0571. The Morgan fingerprint density at radius 3 is 2.11 bits per heavy atom. The van der Waals surface area contributed by atoms with Crippen LogP contribution >= 0.6 is 0 Å². The van der Waals surface area contributed by atoms with Crippen LogP contribution < -0.4 is 5.32 Å². The summed E-state index contributed by atoms with van der Waals surface area (Å²) >= 11 is 0. The van der Waals surface area contributed by atoms with Crippen molar-refractivity contribution in [2.24, 2.45) is 0 Å². The quantitative estimate of drug-likeness (QED) is 0.398. The summed E-state index contributed by atoms with van der Waals surface area (Å²) in [4.78, 5) is 42.2. The number of hydrogen-bond donors (Lipinski definition) is 2. The molecule has 2 N–H and O–H groups in total. The second-order valence-electron chi connectivity index (χ2n) is 12.4. The third-order valence-corrected chi connectivity index (χ3v) is 7.47. The van der Waals surface area contributed by atoms with Gasteiger partial charge in [0.05, 0.1) is 0 Å². The molecular weight excluding hydrogens is 478 g/mol. The second kappa shape index (κ2) is 10.3. The fourth-order valence-electron chi connectivity index (χ4n) is 5.18. The van der Waals surface area contributed by atoms with Crippen LogP contribution in [0.5, 0.6) is 5.75 Å². The normalized spacial score (nSPS) is 16.9. The Labute approximate surface area is 225 Å². The van der Waals surface area contributed by atoms with E-state index in [-0.39, 0.29) is 40.3 Å². The van der Waals surface area contributed by atoms with Crippen LogP contribution in [-0.4, -0.2) is 51.8 Å². The van der Waals surface area contributed by atoms with E-state index in [9.17, 15) is 19.5 Å². The molecule has 2 aliphatic heterocycles. The molecule has 2 heterocycles. The summed E-state index contributed by atoms with van der Waals surface area (Å²) in [5, 5.41) is 13.9. The molecule has 2 aromatic rings. The minimum atomic E-state index is -0.350. The van der Waals surface area contributed by atoms with Crippen LogP contribution in [0.3, 0.4) is 0 Å². The summed E-state index contributed by atoms with van der Waals surface area (Å²) < 4.78 is 0. The molecule has 202 valence electrons. The lowest BCUT2D eigenvalue weighted by Crippen LogP contribution is -2.50. The lowest BCUT2D eigenvalue weighted by Gasteiger charge is -2.40. The first-order valence-corrected chi connectivity index (χ1v) is 13.3. The zero-order valence-electron chi connectivity index (χ0n) is 23.3. The van der Waals surface area contributed by atoms with E-state index in [2.05, 4.69) is 5.32 Å². The number of allylic oxidation sites excluding steroid dienone is 1. The van der Waals surface area contributed by atoms with E-state index >= 15 is 0 Å². The SMILES string of the molecule is CC(C)(C)c1cc(C(=O)/C=C/C(=O)N2CCC(N3Cc4ccccc4NC3=O)CC2)cc(C(C)(C)C)c1O. The standard InChI is InChI=1S/C31H39N3O4/c1-30(2,3)23-17-21(18-24(28(23)37)31(4,5)6)26(35)11-12-27(36)33-15-13-22(14-16-33)34-19-20-9-7-8-10-25(20)32-29(34)38/h7-12,17-18,22,37H,13-16,19H2,1-6H3,(H,32,38)/b12-11+. The van der Waals surface area contributed by atoms with Crippen LogP contribution in [-0.2, 0) is 22.2 Å². The number of phenolic OH excluding ortho intramolecular Hbond substituents is 1. The van der Waals surface area contributed by atoms with Crippen molar-refractivity contribution in [3.63, 3.8) is 0 Å². The summed E-state index contributed by atoms with van der Waals surface area (Å²) in [6.45, 7) is 13.6. The van der Waals surface area contributed by atoms with Crippen molar-refractivity contribution in [3.05, 3.63) is 70.8 Å². The third kappa shape index (κ3) is 5.77. The number of nitrogens with one attached hydrogen (secondary N) is 1. The number of ketones is 1. The Kier molecular flexibility index (Phi) is 7.42. The number of nitrogens with zero attached hydrogens (tertiary/aromatic N) is 2. The Morgan fingerprint density at radius 2 is 1.53 bits per heavy atom. The molecule has 4 rings (SSSR count). The molecule has 7 heteroatoms. The number of piperidine rings is 1. The first kappa shape index (κ1) is 27.4. The molecule has 38 heavy (non-hydrogen) atoms. The highest BCUT2D eigenvalue weighted by Gasteiger charge is 2.32. The Balaban J connectivity index is 1.41. The van der Waals surface area contributed by atoms with Gasteiger partial charge in [-0.1, -0.05) is 59.7 Å². The van der Waals surface area contributed by atoms with Crippen molar-refractivity contribution >= 4 is 23.4 Å². The number of likely N-dealkylation sites (tertiary alicyclic amines) is 1. The molecule has 0 saturated carbocycles. The molecule has 1 saturated heterocycles. The van der Waals surface area contributed by atoms with Crippen molar-refractivity contribution < 1.29 is 19.5 Å². The molecule has 0 atom stereocenters. The molecule has 0 aliphatic carbocycles. The highest BCUT2D eigenvalue weighted by atomic mass is 16.3. The molecule has 3 amide bonds. The number of urea groups is 1. The number of fused-ring (bicyclic) bond motifs is 1. The van der Waals surface area contributed by atoms with Gasteiger partial charge in [0.25, 0.3) is 0 Å². The van der Waals surface area contributed by atoms with Gasteiger partial charge in [-0.05, 0) is 53.5 Å². The van der Waals surface area contributed by atoms with Gasteiger partial charge in [-0.15, -0.1) is 0 Å². The zero-order valence-corrected chi connectivity index (χ0v) is 23.3. The number of anilines is 1. The summed E-state index contributed by atoms with van der Waals surface area (Å²) in [5.41, 5.74) is 3.12. The second-order valence-corrected chi connectivity index (χ2v) is 12.4. The van der Waals surface area contributed by atoms with Crippen LogP contribution in [0.4, 0.5) is 10.5 Å². The van der Waals surface area contributed by atoms with E-state index in [1.165, 1.54) is 12.2 Å². The van der Waals surface area contributed by atoms with E-state index in [1.807, 2.05) is 70.7 Å². The summed E-state index contributed by atoms with van der Waals surface area (Å²) in [7, 11) is 0. The van der Waals surface area contributed by atoms with Gasteiger partial charge in [0.1, 0.15) is 5.75 Å². The largest absolute Gasteiger partial charge is 0.507 e. The summed E-state index contributed by atoms with van der Waals surface area (Å²) in [6.07, 6.45) is 4.04. The van der Waals surface area contributed by atoms with Crippen molar-refractivity contribution in [1.82, 2.24) is 9.80 Å². The molecule has 7 nitrogen and oxygen atoms in total. The average molecular weight is 518 g/mol. The summed E-state index contributed by atoms with van der Waals surface area (Å²) in [6, 6.07) is 11.2. The number of aromatic hydroxyl groups is 1. The van der Waals surface area contributed by atoms with Gasteiger partial charge in [0.2, 0.25) is 5.91 Å². The number of benzene rings is 2. The average Bonchev–Trinajstić information content (AvgIpc) is 2.85. The van der Waals surface area contributed by atoms with E-state index in [4.69, 9.17) is 0 Å². The number of amides is 3. The number of phenols is 1. The van der Waals surface area contributed by atoms with Gasteiger partial charge in [0, 0.05) is 54.1 Å². The summed E-state index contributed by atoms with van der Waals surface area (Å²) in [5.74, 6) is -0.264. The minimum Gasteiger partial charge on any atom is -0.507 e. The smallest absolute Gasteiger partial charge is 0.322 e. The maximum Gasteiger partial charge on any atom is 0.322 e. The van der Waals surface area contributed by atoms with Crippen LogP contribution in [0.1, 0.15) is 81.4 Å². The maximum absolute atomic E-state index is 13.1. The molecule has 0 bridgehead atoms. The highest BCUT2D eigenvalue weighted by molar-refractivity contribution is 6.08. The number of rotatable bonds is 4. The van der Waals surface area contributed by atoms with Crippen molar-refractivity contribution in [2.45, 2.75) is 77.8 Å². The number of para-hydroxylation sites is 1. The van der Waals surface area contributed by atoms with Gasteiger partial charge in [0.15, 0.2) is 5.78 Å². The zero-order chi connectivity index (χ0) is 27.8. The highest BCUT2D eigenvalue weighted by Crippen LogP contribution is 2.40. The van der Waals surface area contributed by atoms with Crippen LogP contribution in [0, 0.1) is 0 Å². The van der Waals surface area contributed by atoms with E-state index < -0.39 is 0 Å². The molecule has 0 aromatic heterocycles. The number of carbonyl (C=O) groups excluding carboxylic acids is 3. The Hall–Kier alpha value is -3.61. The Morgan fingerprint density at radius 1 is 0.947 bits per heavy atom. The molecule has 1 fully saturated rings. The molecule has 0 radical (unpaired) electrons. The van der Waals surface area contributed by atoms with E-state index in [0.717, 1.165) is 11.3 Å². The third-order valence-electron chi connectivity index (χ3n) is 7.47. The molecule has 2 aromatic carbocycles. The predicted molar refractivity (Wildman–Crippen MR) is 150 cm³/mol. The number of hydrogen-bond acceptors (Lipinski definition) is 4. The van der Waals surface area contributed by atoms with Crippen molar-refractivity contribution in [2.75, 3.05) is 18.4 Å². The van der Waals surface area contributed by atoms with Crippen molar-refractivity contribution in [1.29, 1.82) is 0 Å². The maximum atomic E-state index is 13.1. The van der Waals surface area contributed by atoms with Gasteiger partial charge in [-0.25, -0.2) is 4.79 Å². The molecule has 0 spiro atoms. The molecule has 0 unspecified atom stereocenters. The molecular formula is C31H39N3O4. The van der Waals surface area contributed by atoms with Crippen LogP contribution in [0.2, 0.25) is 0 Å². The number of carbonyl (C=O) groups is 3. The fourth-order valence-corrected chi connectivity index (χ4v) is 5.18. The molecule has 2 aliphatic rings. The van der Waals surface area contributed by atoms with Gasteiger partial charge < -0.3 is 20.2 Å². The van der Waals surface area contributed by atoms with Crippen LogP contribution in [0.25, 0.3) is 0 Å². The first-order valence-electron chi connectivity index (χ1n) is 13.3. The van der Waals surface area contributed by atoms with Gasteiger partial charge in [-0.3, -0.25) is 9.59 Å². The van der Waals surface area contributed by atoms with E-state index in [0.29, 0.717) is 49.2 Å². The Bertz CT molecular complexity index is 1240. The van der Waals surface area contributed by atoms with Gasteiger partial charge >= 0.3 is 6.03 Å². The van der Waals surface area contributed by atoms with E-state index in [1.54, 1.807) is 17.0 Å². The monoisotopic (exact) mass is 517 g/mol. The first-order chi connectivity index (χ1) is 17.8. The van der Waals surface area contributed by atoms with Gasteiger partial charge in [-0.2, -0.15) is 0 Å². The topological polar surface area (TPSA) is 90.0 Å². The van der Waals surface area contributed by atoms with Crippen LogP contribution in [0.15, 0.2) is 48.6 Å². The predicted octanol–water partition coefficient (Wildman–Crippen LogP) is 5.76.